The number of amides is 1. The Kier molecular flexibility index (Phi) is 5.23. The summed E-state index contributed by atoms with van der Waals surface area (Å²) >= 11 is 5.69. The lowest BCUT2D eigenvalue weighted by Crippen LogP contribution is -2.12. The first kappa shape index (κ1) is 15.4. The summed E-state index contributed by atoms with van der Waals surface area (Å²) in [7, 11) is 0. The van der Waals surface area contributed by atoms with E-state index in [2.05, 4.69) is 5.32 Å². The predicted molar refractivity (Wildman–Crippen MR) is 86.3 cm³/mol. The lowest BCUT2D eigenvalue weighted by molar-refractivity contribution is 0.102. The topological polar surface area (TPSA) is 49.3 Å². The van der Waals surface area contributed by atoms with Crippen LogP contribution in [0.3, 0.4) is 0 Å². The van der Waals surface area contributed by atoms with Gasteiger partial charge < -0.3 is 10.4 Å². The average molecular weight is 304 g/mol. The van der Waals surface area contributed by atoms with Crippen LogP contribution in [0.2, 0.25) is 0 Å². The molecule has 0 radical (unpaired) electrons. The fourth-order valence-corrected chi connectivity index (χ4v) is 2.16. The van der Waals surface area contributed by atoms with E-state index in [1.807, 2.05) is 24.3 Å². The molecular weight excluding hydrogens is 286 g/mol. The number of phenolic OH excluding ortho intramolecular Hbond substituents is 1. The number of carbonyl (C=O) groups excluding carboxylic acids is 1. The monoisotopic (exact) mass is 303 g/mol. The average Bonchev–Trinajstić information content (AvgIpc) is 2.48. The molecule has 2 aromatic rings. The normalized spacial score (nSPS) is 10.4. The minimum Gasteiger partial charge on any atom is -0.508 e. The van der Waals surface area contributed by atoms with Gasteiger partial charge in [0.15, 0.2) is 0 Å². The molecule has 0 fully saturated rings. The number of aromatic hydroxyl groups is 1. The van der Waals surface area contributed by atoms with Crippen molar-refractivity contribution < 1.29 is 9.90 Å². The number of phenols is 1. The number of nitrogens with one attached hydrogen (secondary N) is 1. The standard InChI is InChI=1S/C17H18ClNO2/c1-12-7-8-14(11-16(12)20)17(21)19-15-6-2-4-13(10-15)5-3-9-18/h2,4,6-8,10-11,20H,3,5,9H2,1H3,(H,19,21). The fourth-order valence-electron chi connectivity index (χ4n) is 2.03. The minimum atomic E-state index is -0.236. The zero-order chi connectivity index (χ0) is 15.2. The number of rotatable bonds is 5. The molecule has 0 aliphatic rings. The molecule has 2 N–H and O–H groups in total. The van der Waals surface area contributed by atoms with Gasteiger partial charge >= 0.3 is 0 Å². The van der Waals surface area contributed by atoms with Gasteiger partial charge in [0.05, 0.1) is 0 Å². The van der Waals surface area contributed by atoms with Crippen molar-refractivity contribution in [2.24, 2.45) is 0 Å². The van der Waals surface area contributed by atoms with Crippen molar-refractivity contribution in [2.45, 2.75) is 19.8 Å². The van der Waals surface area contributed by atoms with Gasteiger partial charge in [0.1, 0.15) is 5.75 Å². The molecule has 0 aromatic heterocycles. The summed E-state index contributed by atoms with van der Waals surface area (Å²) in [6.45, 7) is 1.79. The van der Waals surface area contributed by atoms with Gasteiger partial charge in [0.2, 0.25) is 0 Å². The van der Waals surface area contributed by atoms with Crippen molar-refractivity contribution in [3.8, 4) is 5.75 Å². The van der Waals surface area contributed by atoms with E-state index in [1.54, 1.807) is 19.1 Å². The Morgan fingerprint density at radius 2 is 2.05 bits per heavy atom. The third kappa shape index (κ3) is 4.23. The Balaban J connectivity index is 2.10. The molecule has 1 amide bonds. The van der Waals surface area contributed by atoms with Gasteiger partial charge in [-0.15, -0.1) is 11.6 Å². The van der Waals surface area contributed by atoms with Crippen molar-refractivity contribution in [2.75, 3.05) is 11.2 Å². The lowest BCUT2D eigenvalue weighted by atomic mass is 10.1. The maximum atomic E-state index is 12.2. The number of anilines is 1. The van der Waals surface area contributed by atoms with Gasteiger partial charge in [0, 0.05) is 17.1 Å². The van der Waals surface area contributed by atoms with Gasteiger partial charge in [-0.2, -0.15) is 0 Å². The van der Waals surface area contributed by atoms with E-state index in [0.29, 0.717) is 11.4 Å². The Hall–Kier alpha value is -2.00. The van der Waals surface area contributed by atoms with Crippen LogP contribution in [0.15, 0.2) is 42.5 Å². The second-order valence-corrected chi connectivity index (χ2v) is 5.33. The van der Waals surface area contributed by atoms with Crippen LogP contribution in [0, 0.1) is 6.92 Å². The largest absolute Gasteiger partial charge is 0.508 e. The molecule has 4 heteroatoms. The van der Waals surface area contributed by atoms with Crippen molar-refractivity contribution >= 4 is 23.2 Å². The number of halogens is 1. The summed E-state index contributed by atoms with van der Waals surface area (Å²) in [5.74, 6) is 0.512. The van der Waals surface area contributed by atoms with Crippen LogP contribution in [-0.4, -0.2) is 16.9 Å². The van der Waals surface area contributed by atoms with E-state index in [0.717, 1.165) is 29.7 Å². The van der Waals surface area contributed by atoms with Crippen LogP contribution < -0.4 is 5.32 Å². The highest BCUT2D eigenvalue weighted by atomic mass is 35.5. The zero-order valence-corrected chi connectivity index (χ0v) is 12.7. The molecular formula is C17H18ClNO2. The first-order valence-electron chi connectivity index (χ1n) is 6.86. The molecule has 2 rings (SSSR count). The van der Waals surface area contributed by atoms with Gasteiger partial charge in [-0.3, -0.25) is 4.79 Å². The third-order valence-corrected chi connectivity index (χ3v) is 3.52. The smallest absolute Gasteiger partial charge is 0.255 e. The Morgan fingerprint density at radius 1 is 1.24 bits per heavy atom. The lowest BCUT2D eigenvalue weighted by Gasteiger charge is -2.08. The molecule has 0 atom stereocenters. The molecule has 2 aromatic carbocycles. The zero-order valence-electron chi connectivity index (χ0n) is 11.9. The van der Waals surface area contributed by atoms with Crippen LogP contribution in [0.5, 0.6) is 5.75 Å². The summed E-state index contributed by atoms with van der Waals surface area (Å²) in [5.41, 5.74) is 3.06. The van der Waals surface area contributed by atoms with Crippen LogP contribution in [0.25, 0.3) is 0 Å². The number of benzene rings is 2. The highest BCUT2D eigenvalue weighted by Crippen LogP contribution is 2.19. The Morgan fingerprint density at radius 3 is 2.76 bits per heavy atom. The summed E-state index contributed by atoms with van der Waals surface area (Å²) < 4.78 is 0. The maximum absolute atomic E-state index is 12.2. The number of aryl methyl sites for hydroxylation is 2. The van der Waals surface area contributed by atoms with E-state index in [9.17, 15) is 9.90 Å². The molecule has 0 saturated heterocycles. The van der Waals surface area contributed by atoms with Crippen molar-refractivity contribution in [3.05, 3.63) is 59.2 Å². The quantitative estimate of drug-likeness (QED) is 0.816. The summed E-state index contributed by atoms with van der Waals surface area (Å²) in [6.07, 6.45) is 1.79. The van der Waals surface area contributed by atoms with Gasteiger partial charge in [-0.25, -0.2) is 0 Å². The molecule has 110 valence electrons. The summed E-state index contributed by atoms with van der Waals surface area (Å²) in [5, 5.41) is 12.5. The fraction of sp³-hybridized carbons (Fsp3) is 0.235. The molecule has 0 aliphatic carbocycles. The highest BCUT2D eigenvalue weighted by molar-refractivity contribution is 6.17. The molecule has 3 nitrogen and oxygen atoms in total. The van der Waals surface area contributed by atoms with E-state index in [4.69, 9.17) is 11.6 Å². The highest BCUT2D eigenvalue weighted by Gasteiger charge is 2.08. The summed E-state index contributed by atoms with van der Waals surface area (Å²) in [4.78, 5) is 12.2. The van der Waals surface area contributed by atoms with E-state index in [1.165, 1.54) is 6.07 Å². The molecule has 0 heterocycles. The molecule has 0 aliphatic heterocycles. The van der Waals surface area contributed by atoms with Crippen LogP contribution in [0.4, 0.5) is 5.69 Å². The molecule has 0 unspecified atom stereocenters. The van der Waals surface area contributed by atoms with Crippen LogP contribution in [-0.2, 0) is 6.42 Å². The van der Waals surface area contributed by atoms with Gasteiger partial charge in [0.25, 0.3) is 5.91 Å². The number of hydrogen-bond donors (Lipinski definition) is 2. The van der Waals surface area contributed by atoms with E-state index < -0.39 is 0 Å². The summed E-state index contributed by atoms with van der Waals surface area (Å²) in [6, 6.07) is 12.6. The van der Waals surface area contributed by atoms with Crippen LogP contribution >= 0.6 is 11.6 Å². The van der Waals surface area contributed by atoms with Crippen molar-refractivity contribution in [1.29, 1.82) is 0 Å². The van der Waals surface area contributed by atoms with Crippen molar-refractivity contribution in [1.82, 2.24) is 0 Å². The Bertz CT molecular complexity index is 640. The predicted octanol–water partition coefficient (Wildman–Crippen LogP) is 4.12. The first-order chi connectivity index (χ1) is 10.1. The number of alkyl halides is 1. The second kappa shape index (κ2) is 7.14. The van der Waals surface area contributed by atoms with Gasteiger partial charge in [-0.1, -0.05) is 18.2 Å². The van der Waals surface area contributed by atoms with Crippen LogP contribution in [0.1, 0.15) is 27.9 Å². The SMILES string of the molecule is Cc1ccc(C(=O)Nc2cccc(CCCCl)c2)cc1O. The molecule has 0 bridgehead atoms. The molecule has 21 heavy (non-hydrogen) atoms. The number of hydrogen-bond acceptors (Lipinski definition) is 2. The minimum absolute atomic E-state index is 0.124. The maximum Gasteiger partial charge on any atom is 0.255 e. The number of carbonyl (C=O) groups is 1. The molecule has 0 spiro atoms. The van der Waals surface area contributed by atoms with E-state index in [-0.39, 0.29) is 11.7 Å². The second-order valence-electron chi connectivity index (χ2n) is 4.95. The van der Waals surface area contributed by atoms with Gasteiger partial charge in [-0.05, 0) is 55.2 Å². The van der Waals surface area contributed by atoms with E-state index >= 15 is 0 Å². The molecule has 0 saturated carbocycles. The third-order valence-electron chi connectivity index (χ3n) is 3.26. The first-order valence-corrected chi connectivity index (χ1v) is 7.39. The van der Waals surface area contributed by atoms with Crippen molar-refractivity contribution in [3.63, 3.8) is 0 Å². The Labute approximate surface area is 129 Å².